The van der Waals surface area contributed by atoms with Crippen LogP contribution in [-0.2, 0) is 6.54 Å². The molecule has 0 bridgehead atoms. The van der Waals surface area contributed by atoms with Crippen molar-refractivity contribution in [3.63, 3.8) is 0 Å². The summed E-state index contributed by atoms with van der Waals surface area (Å²) < 4.78 is 16.2. The van der Waals surface area contributed by atoms with Crippen LogP contribution in [0.25, 0.3) is 11.3 Å². The summed E-state index contributed by atoms with van der Waals surface area (Å²) in [5.74, 6) is 0.346. The van der Waals surface area contributed by atoms with Crippen molar-refractivity contribution < 1.29 is 4.39 Å². The fraction of sp³-hybridized carbons (Fsp3) is 0.214. The number of aromatic nitrogens is 2. The molecule has 0 N–H and O–H groups in total. The van der Waals surface area contributed by atoms with E-state index in [1.54, 1.807) is 6.07 Å². The van der Waals surface area contributed by atoms with E-state index < -0.39 is 11.4 Å². The maximum atomic E-state index is 14.1. The molecule has 0 saturated heterocycles. The smallest absolute Gasteiger partial charge is 0.272 e. The zero-order valence-electron chi connectivity index (χ0n) is 10.8. The van der Waals surface area contributed by atoms with Crippen LogP contribution in [0.2, 0.25) is 0 Å². The van der Waals surface area contributed by atoms with E-state index in [0.29, 0.717) is 16.2 Å². The monoisotopic (exact) mass is 365 g/mol. The van der Waals surface area contributed by atoms with Gasteiger partial charge in [0.05, 0.1) is 5.69 Å². The van der Waals surface area contributed by atoms with Crippen LogP contribution in [-0.4, -0.2) is 15.3 Å². The third kappa shape index (κ3) is 2.49. The predicted octanol–water partition coefficient (Wildman–Crippen LogP) is 3.18. The lowest BCUT2D eigenvalue weighted by atomic mass is 10.1. The maximum absolute atomic E-state index is 14.1. The quantitative estimate of drug-likeness (QED) is 0.728. The topological polar surface area (TPSA) is 58.7 Å². The summed E-state index contributed by atoms with van der Waals surface area (Å²) in [7, 11) is 0. The van der Waals surface area contributed by atoms with Crippen LogP contribution < -0.4 is 5.56 Å². The molecule has 106 valence electrons. The fourth-order valence-electron chi connectivity index (χ4n) is 2.21. The summed E-state index contributed by atoms with van der Waals surface area (Å²) in [5, 5.41) is 9.81. The largest absolute Gasteiger partial charge is 0.286 e. The zero-order chi connectivity index (χ0) is 15.0. The molecule has 4 nitrogen and oxygen atoms in total. The highest BCUT2D eigenvalue weighted by molar-refractivity contribution is 9.10. The summed E-state index contributed by atoms with van der Waals surface area (Å²) in [6, 6.07) is 6.34. The number of hydrogen-bond donors (Lipinski definition) is 0. The van der Waals surface area contributed by atoms with E-state index in [-0.39, 0.29) is 16.8 Å². The number of fused-ring (bicyclic) bond motifs is 1. The Morgan fingerprint density at radius 3 is 3.00 bits per heavy atom. The van der Waals surface area contributed by atoms with Crippen molar-refractivity contribution in [2.75, 3.05) is 5.75 Å². The van der Waals surface area contributed by atoms with Crippen LogP contribution in [0.4, 0.5) is 4.39 Å². The lowest BCUT2D eigenvalue weighted by Gasteiger charge is -2.18. The third-order valence-electron chi connectivity index (χ3n) is 3.19. The maximum Gasteiger partial charge on any atom is 0.272 e. The van der Waals surface area contributed by atoms with Gasteiger partial charge in [-0.05, 0) is 24.6 Å². The van der Waals surface area contributed by atoms with Crippen LogP contribution in [0.1, 0.15) is 12.0 Å². The number of thioether (sulfide) groups is 1. The lowest BCUT2D eigenvalue weighted by molar-refractivity contribution is 0.561. The minimum atomic E-state index is -0.515. The average Bonchev–Trinajstić information content (AvgIpc) is 2.47. The number of halogens is 2. The van der Waals surface area contributed by atoms with Crippen LogP contribution in [0.15, 0.2) is 32.6 Å². The van der Waals surface area contributed by atoms with Gasteiger partial charge in [-0.15, -0.1) is 0 Å². The normalized spacial score (nSPS) is 13.6. The van der Waals surface area contributed by atoms with Crippen LogP contribution >= 0.6 is 27.7 Å². The van der Waals surface area contributed by atoms with Gasteiger partial charge in [-0.3, -0.25) is 9.36 Å². The Morgan fingerprint density at radius 2 is 2.29 bits per heavy atom. The van der Waals surface area contributed by atoms with Crippen LogP contribution in [0, 0.1) is 17.1 Å². The first-order valence-corrected chi connectivity index (χ1v) is 8.03. The Balaban J connectivity index is 2.30. The molecule has 2 aromatic rings. The predicted molar refractivity (Wildman–Crippen MR) is 81.6 cm³/mol. The van der Waals surface area contributed by atoms with E-state index in [0.717, 1.165) is 12.2 Å². The SMILES string of the molecule is N#Cc1c(-c2ccc(Br)cc2F)nc2n(c1=O)CCCS2. The van der Waals surface area contributed by atoms with Gasteiger partial charge in [0.1, 0.15) is 17.4 Å². The van der Waals surface area contributed by atoms with Gasteiger partial charge >= 0.3 is 0 Å². The molecule has 0 amide bonds. The van der Waals surface area contributed by atoms with Gasteiger partial charge in [-0.25, -0.2) is 9.37 Å². The van der Waals surface area contributed by atoms with E-state index in [1.807, 2.05) is 6.07 Å². The van der Waals surface area contributed by atoms with Gasteiger partial charge < -0.3 is 0 Å². The molecule has 3 rings (SSSR count). The zero-order valence-corrected chi connectivity index (χ0v) is 13.2. The molecule has 1 aliphatic rings. The van der Waals surface area contributed by atoms with Crippen molar-refractivity contribution in [1.29, 1.82) is 5.26 Å². The van der Waals surface area contributed by atoms with E-state index in [1.165, 1.54) is 28.5 Å². The Bertz CT molecular complexity index is 828. The number of nitriles is 1. The van der Waals surface area contributed by atoms with Crippen molar-refractivity contribution in [3.05, 3.63) is 44.4 Å². The second kappa shape index (κ2) is 5.62. The van der Waals surface area contributed by atoms with Crippen molar-refractivity contribution in [1.82, 2.24) is 9.55 Å². The molecule has 0 aliphatic carbocycles. The van der Waals surface area contributed by atoms with Crippen molar-refractivity contribution in [2.45, 2.75) is 18.1 Å². The molecule has 0 atom stereocenters. The second-order valence-electron chi connectivity index (χ2n) is 4.51. The molecule has 1 aromatic heterocycles. The molecule has 2 heterocycles. The molecule has 1 aliphatic heterocycles. The molecule has 7 heteroatoms. The summed E-state index contributed by atoms with van der Waals surface area (Å²) in [6.45, 7) is 0.548. The molecule has 21 heavy (non-hydrogen) atoms. The Labute approximate surface area is 132 Å². The highest BCUT2D eigenvalue weighted by Crippen LogP contribution is 2.29. The van der Waals surface area contributed by atoms with E-state index in [4.69, 9.17) is 0 Å². The minimum Gasteiger partial charge on any atom is -0.286 e. The van der Waals surface area contributed by atoms with Gasteiger partial charge in [0.2, 0.25) is 0 Å². The van der Waals surface area contributed by atoms with Gasteiger partial charge in [-0.1, -0.05) is 27.7 Å². The summed E-state index contributed by atoms with van der Waals surface area (Å²) in [4.78, 5) is 16.7. The molecule has 0 spiro atoms. The lowest BCUT2D eigenvalue weighted by Crippen LogP contribution is -2.29. The Kier molecular flexibility index (Phi) is 3.83. The summed E-state index contributed by atoms with van der Waals surface area (Å²) in [5.41, 5.74) is -0.218. The molecule has 0 fully saturated rings. The fourth-order valence-corrected chi connectivity index (χ4v) is 3.48. The first-order valence-electron chi connectivity index (χ1n) is 6.25. The molecular weight excluding hydrogens is 357 g/mol. The Morgan fingerprint density at radius 1 is 1.48 bits per heavy atom. The van der Waals surface area contributed by atoms with Gasteiger partial charge in [0.15, 0.2) is 5.16 Å². The van der Waals surface area contributed by atoms with E-state index >= 15 is 0 Å². The van der Waals surface area contributed by atoms with Crippen molar-refractivity contribution >= 4 is 27.7 Å². The highest BCUT2D eigenvalue weighted by Gasteiger charge is 2.22. The molecule has 0 saturated carbocycles. The summed E-state index contributed by atoms with van der Waals surface area (Å²) >= 11 is 4.63. The van der Waals surface area contributed by atoms with Gasteiger partial charge in [-0.2, -0.15) is 5.26 Å². The highest BCUT2D eigenvalue weighted by atomic mass is 79.9. The minimum absolute atomic E-state index is 0.109. The van der Waals surface area contributed by atoms with E-state index in [9.17, 15) is 14.4 Å². The molecule has 0 unspecified atom stereocenters. The Hall–Kier alpha value is -1.65. The number of hydrogen-bond acceptors (Lipinski definition) is 4. The number of rotatable bonds is 1. The third-order valence-corrected chi connectivity index (χ3v) is 4.75. The molecular formula is C14H9BrFN3OS. The first-order chi connectivity index (χ1) is 10.1. The second-order valence-corrected chi connectivity index (χ2v) is 6.49. The standard InChI is InChI=1S/C14H9BrFN3OS/c15-8-2-3-9(11(16)6-8)12-10(7-17)13(20)19-4-1-5-21-14(19)18-12/h2-3,6H,1,4-5H2. The first kappa shape index (κ1) is 14.3. The molecule has 0 radical (unpaired) electrons. The number of nitrogens with zero attached hydrogens (tertiary/aromatic N) is 3. The van der Waals surface area contributed by atoms with E-state index in [2.05, 4.69) is 20.9 Å². The van der Waals surface area contributed by atoms with Gasteiger partial charge in [0, 0.05) is 22.3 Å². The van der Waals surface area contributed by atoms with Crippen LogP contribution in [0.3, 0.4) is 0 Å². The number of benzene rings is 1. The summed E-state index contributed by atoms with van der Waals surface area (Å²) in [6.07, 6.45) is 0.857. The van der Waals surface area contributed by atoms with Gasteiger partial charge in [0.25, 0.3) is 5.56 Å². The molecule has 1 aromatic carbocycles. The van der Waals surface area contributed by atoms with Crippen molar-refractivity contribution in [2.24, 2.45) is 0 Å². The van der Waals surface area contributed by atoms with Crippen LogP contribution in [0.5, 0.6) is 0 Å². The average molecular weight is 366 g/mol. The van der Waals surface area contributed by atoms with Crippen molar-refractivity contribution in [3.8, 4) is 17.3 Å².